The SMILES string of the molecule is CN(C)c1ccc(C(=O)Nc2c(-c3ccc(Cl)cc3)c(C(F)(F)F)nn2C)cn1. The second kappa shape index (κ2) is 7.75. The molecule has 1 aromatic carbocycles. The van der Waals surface area contributed by atoms with Crippen LogP contribution in [0.5, 0.6) is 0 Å². The molecule has 2 heterocycles. The highest BCUT2D eigenvalue weighted by Gasteiger charge is 2.39. The molecule has 0 atom stereocenters. The first-order valence-corrected chi connectivity index (χ1v) is 8.80. The van der Waals surface area contributed by atoms with Gasteiger partial charge in [0.2, 0.25) is 0 Å². The van der Waals surface area contributed by atoms with Gasteiger partial charge in [0.15, 0.2) is 5.69 Å². The van der Waals surface area contributed by atoms with E-state index in [-0.39, 0.29) is 22.5 Å². The molecule has 3 rings (SSSR count). The summed E-state index contributed by atoms with van der Waals surface area (Å²) < 4.78 is 41.7. The Morgan fingerprint density at radius 1 is 1.14 bits per heavy atom. The molecular weight excluding hydrogens is 407 g/mol. The summed E-state index contributed by atoms with van der Waals surface area (Å²) in [4.78, 5) is 18.5. The van der Waals surface area contributed by atoms with Gasteiger partial charge in [-0.2, -0.15) is 18.3 Å². The molecule has 29 heavy (non-hydrogen) atoms. The number of pyridine rings is 1. The Kier molecular flexibility index (Phi) is 5.52. The maximum atomic E-state index is 13.6. The van der Waals surface area contributed by atoms with Crippen molar-refractivity contribution in [3.8, 4) is 11.1 Å². The number of hydrogen-bond donors (Lipinski definition) is 1. The van der Waals surface area contributed by atoms with E-state index in [1.807, 2.05) is 0 Å². The Bertz CT molecular complexity index is 1030. The summed E-state index contributed by atoms with van der Waals surface area (Å²) in [6.07, 6.45) is -3.35. The molecule has 0 unspecified atom stereocenters. The number of alkyl halides is 3. The number of benzene rings is 1. The van der Waals surface area contributed by atoms with E-state index in [1.54, 1.807) is 31.1 Å². The molecule has 6 nitrogen and oxygen atoms in total. The molecule has 0 fully saturated rings. The Morgan fingerprint density at radius 2 is 1.79 bits per heavy atom. The van der Waals surface area contributed by atoms with Crippen LogP contribution in [0.15, 0.2) is 42.6 Å². The van der Waals surface area contributed by atoms with Gasteiger partial charge in [-0.05, 0) is 29.8 Å². The highest BCUT2D eigenvalue weighted by Crippen LogP contribution is 2.41. The smallest absolute Gasteiger partial charge is 0.363 e. The van der Waals surface area contributed by atoms with Crippen LogP contribution in [0.2, 0.25) is 5.02 Å². The minimum absolute atomic E-state index is 0.0821. The Balaban J connectivity index is 2.03. The van der Waals surface area contributed by atoms with Crippen LogP contribution in [-0.2, 0) is 13.2 Å². The fraction of sp³-hybridized carbons (Fsp3) is 0.211. The third kappa shape index (κ3) is 4.34. The maximum absolute atomic E-state index is 13.6. The van der Waals surface area contributed by atoms with E-state index in [2.05, 4.69) is 15.4 Å². The van der Waals surface area contributed by atoms with E-state index in [0.29, 0.717) is 10.8 Å². The summed E-state index contributed by atoms with van der Waals surface area (Å²) in [6.45, 7) is 0. The Labute approximate surface area is 169 Å². The fourth-order valence-corrected chi connectivity index (χ4v) is 2.85. The number of nitrogens with zero attached hydrogens (tertiary/aromatic N) is 4. The van der Waals surface area contributed by atoms with Crippen LogP contribution < -0.4 is 10.2 Å². The van der Waals surface area contributed by atoms with E-state index >= 15 is 0 Å². The van der Waals surface area contributed by atoms with Crippen LogP contribution in [0.4, 0.5) is 24.8 Å². The number of aryl methyl sites for hydroxylation is 1. The standard InChI is InChI=1S/C19H17ClF3N5O/c1-27(2)14-9-6-12(10-24-14)18(29)25-17-15(11-4-7-13(20)8-5-11)16(19(21,22)23)26-28(17)3/h4-10H,1-3H3,(H,25,29). The highest BCUT2D eigenvalue weighted by molar-refractivity contribution is 6.30. The van der Waals surface area contributed by atoms with Crippen LogP contribution in [0.1, 0.15) is 16.1 Å². The van der Waals surface area contributed by atoms with Gasteiger partial charge in [0.05, 0.1) is 11.1 Å². The predicted octanol–water partition coefficient (Wildman–Crippen LogP) is 4.47. The first kappa shape index (κ1) is 20.7. The van der Waals surface area contributed by atoms with Crippen molar-refractivity contribution in [2.24, 2.45) is 7.05 Å². The fourth-order valence-electron chi connectivity index (χ4n) is 2.72. The number of halogens is 4. The third-order valence-electron chi connectivity index (χ3n) is 4.15. The van der Waals surface area contributed by atoms with Gasteiger partial charge in [0.1, 0.15) is 11.6 Å². The average molecular weight is 424 g/mol. The van der Waals surface area contributed by atoms with E-state index in [4.69, 9.17) is 11.6 Å². The zero-order valence-electron chi connectivity index (χ0n) is 15.8. The molecule has 0 aliphatic heterocycles. The summed E-state index contributed by atoms with van der Waals surface area (Å²) in [5.74, 6) is -0.0422. The lowest BCUT2D eigenvalue weighted by molar-refractivity contribution is -0.140. The van der Waals surface area contributed by atoms with E-state index < -0.39 is 17.8 Å². The van der Waals surface area contributed by atoms with Crippen molar-refractivity contribution in [3.05, 3.63) is 58.9 Å². The van der Waals surface area contributed by atoms with Crippen LogP contribution >= 0.6 is 11.6 Å². The van der Waals surface area contributed by atoms with Crippen LogP contribution in [0.25, 0.3) is 11.1 Å². The average Bonchev–Trinajstić information content (AvgIpc) is 2.99. The number of anilines is 2. The quantitative estimate of drug-likeness (QED) is 0.672. The molecule has 1 N–H and O–H groups in total. The van der Waals surface area contributed by atoms with Gasteiger partial charge in [0, 0.05) is 32.4 Å². The Hall–Kier alpha value is -3.07. The van der Waals surface area contributed by atoms with Gasteiger partial charge in [-0.3, -0.25) is 9.48 Å². The lowest BCUT2D eigenvalue weighted by Crippen LogP contribution is -2.16. The molecular formula is C19H17ClF3N5O. The van der Waals surface area contributed by atoms with Gasteiger partial charge in [0.25, 0.3) is 5.91 Å². The number of amides is 1. The molecule has 10 heteroatoms. The van der Waals surface area contributed by atoms with Crippen LogP contribution in [0.3, 0.4) is 0 Å². The highest BCUT2D eigenvalue weighted by atomic mass is 35.5. The minimum atomic E-state index is -4.70. The van der Waals surface area contributed by atoms with E-state index in [0.717, 1.165) is 4.68 Å². The molecule has 0 spiro atoms. The zero-order chi connectivity index (χ0) is 21.3. The largest absolute Gasteiger partial charge is 0.435 e. The molecule has 0 radical (unpaired) electrons. The van der Waals surface area contributed by atoms with Crippen LogP contribution in [-0.4, -0.2) is 34.8 Å². The molecule has 2 aromatic heterocycles. The molecule has 0 saturated heterocycles. The number of nitrogens with one attached hydrogen (secondary N) is 1. The Morgan fingerprint density at radius 3 is 2.31 bits per heavy atom. The number of carbonyl (C=O) groups excluding carboxylic acids is 1. The molecule has 0 saturated carbocycles. The summed E-state index contributed by atoms with van der Waals surface area (Å²) in [5.41, 5.74) is -0.903. The van der Waals surface area contributed by atoms with Crippen molar-refractivity contribution >= 4 is 29.1 Å². The summed E-state index contributed by atoms with van der Waals surface area (Å²) in [7, 11) is 4.93. The molecule has 1 amide bonds. The zero-order valence-corrected chi connectivity index (χ0v) is 16.5. The van der Waals surface area contributed by atoms with Crippen molar-refractivity contribution in [2.75, 3.05) is 24.3 Å². The molecule has 0 bridgehead atoms. The summed E-state index contributed by atoms with van der Waals surface area (Å²) in [5, 5.41) is 6.49. The second-order valence-corrected chi connectivity index (χ2v) is 6.89. The number of hydrogen-bond acceptors (Lipinski definition) is 4. The van der Waals surface area contributed by atoms with E-state index in [9.17, 15) is 18.0 Å². The first-order chi connectivity index (χ1) is 13.6. The van der Waals surface area contributed by atoms with Crippen molar-refractivity contribution in [3.63, 3.8) is 0 Å². The lowest BCUT2D eigenvalue weighted by atomic mass is 10.0. The maximum Gasteiger partial charge on any atom is 0.435 e. The van der Waals surface area contributed by atoms with Crippen molar-refractivity contribution in [1.29, 1.82) is 0 Å². The predicted molar refractivity (Wildman–Crippen MR) is 105 cm³/mol. The molecule has 3 aromatic rings. The van der Waals surface area contributed by atoms with Crippen molar-refractivity contribution in [2.45, 2.75) is 6.18 Å². The van der Waals surface area contributed by atoms with Gasteiger partial charge < -0.3 is 10.2 Å². The molecule has 0 aliphatic carbocycles. The summed E-state index contributed by atoms with van der Waals surface area (Å²) in [6, 6.07) is 9.01. The lowest BCUT2D eigenvalue weighted by Gasteiger charge is -2.12. The number of rotatable bonds is 4. The molecule has 152 valence electrons. The van der Waals surface area contributed by atoms with Gasteiger partial charge in [-0.15, -0.1) is 0 Å². The van der Waals surface area contributed by atoms with Crippen molar-refractivity contribution < 1.29 is 18.0 Å². The van der Waals surface area contributed by atoms with Crippen LogP contribution in [0, 0.1) is 0 Å². The van der Waals surface area contributed by atoms with Gasteiger partial charge in [-0.25, -0.2) is 4.98 Å². The number of aromatic nitrogens is 3. The van der Waals surface area contributed by atoms with E-state index in [1.165, 1.54) is 37.5 Å². The topological polar surface area (TPSA) is 63.1 Å². The second-order valence-electron chi connectivity index (χ2n) is 6.45. The minimum Gasteiger partial charge on any atom is -0.363 e. The monoisotopic (exact) mass is 423 g/mol. The molecule has 0 aliphatic rings. The summed E-state index contributed by atoms with van der Waals surface area (Å²) >= 11 is 5.85. The first-order valence-electron chi connectivity index (χ1n) is 8.43. The number of carbonyl (C=O) groups is 1. The third-order valence-corrected chi connectivity index (χ3v) is 4.40. The van der Waals surface area contributed by atoms with Crippen molar-refractivity contribution in [1.82, 2.24) is 14.8 Å². The van der Waals surface area contributed by atoms with Gasteiger partial charge >= 0.3 is 6.18 Å². The normalized spacial score (nSPS) is 11.4. The van der Waals surface area contributed by atoms with Gasteiger partial charge in [-0.1, -0.05) is 23.7 Å².